The molecule has 3 N–H and O–H groups in total. The zero-order chi connectivity index (χ0) is 26.4. The van der Waals surface area contributed by atoms with E-state index >= 15 is 0 Å². The van der Waals surface area contributed by atoms with Crippen LogP contribution in [0.4, 0.5) is 23.0 Å². The summed E-state index contributed by atoms with van der Waals surface area (Å²) in [5.74, 6) is 1.42. The highest BCUT2D eigenvalue weighted by molar-refractivity contribution is 6.02. The molecule has 4 rings (SSSR count). The van der Waals surface area contributed by atoms with Crippen LogP contribution in [0.15, 0.2) is 67.5 Å². The third kappa shape index (κ3) is 6.07. The Morgan fingerprint density at radius 1 is 1.16 bits per heavy atom. The van der Waals surface area contributed by atoms with Crippen LogP contribution in [0.1, 0.15) is 12.0 Å². The molecule has 9 nitrogen and oxygen atoms in total. The van der Waals surface area contributed by atoms with Gasteiger partial charge in [0.05, 0.1) is 29.7 Å². The minimum Gasteiger partial charge on any atom is -0.494 e. The van der Waals surface area contributed by atoms with Crippen molar-refractivity contribution >= 4 is 39.8 Å². The molecule has 192 valence electrons. The number of hydrogen-bond acceptors (Lipinski definition) is 7. The summed E-state index contributed by atoms with van der Waals surface area (Å²) in [4.78, 5) is 23.4. The van der Waals surface area contributed by atoms with E-state index in [1.165, 1.54) is 17.0 Å². The Morgan fingerprint density at radius 2 is 1.97 bits per heavy atom. The number of ether oxygens (including phenoxy) is 1. The molecular weight excluding hydrogens is 466 g/mol. The van der Waals surface area contributed by atoms with Gasteiger partial charge in [0.2, 0.25) is 11.9 Å². The van der Waals surface area contributed by atoms with Gasteiger partial charge >= 0.3 is 0 Å². The first-order chi connectivity index (χ1) is 17.9. The molecular formula is C28H33N7O2. The maximum atomic E-state index is 12.1. The van der Waals surface area contributed by atoms with Crippen LogP contribution in [0.25, 0.3) is 16.7 Å². The van der Waals surface area contributed by atoms with Crippen molar-refractivity contribution in [3.63, 3.8) is 0 Å². The van der Waals surface area contributed by atoms with Gasteiger partial charge in [-0.25, -0.2) is 4.98 Å². The normalized spacial score (nSPS) is 10.9. The van der Waals surface area contributed by atoms with Crippen LogP contribution in [0.5, 0.6) is 5.75 Å². The number of aromatic nitrogens is 3. The van der Waals surface area contributed by atoms with Gasteiger partial charge in [0.15, 0.2) is 0 Å². The van der Waals surface area contributed by atoms with Gasteiger partial charge in [0.25, 0.3) is 0 Å². The van der Waals surface area contributed by atoms with Crippen LogP contribution in [0.2, 0.25) is 0 Å². The number of amides is 1. The van der Waals surface area contributed by atoms with Gasteiger partial charge in [0.1, 0.15) is 11.6 Å². The Hall–Kier alpha value is -4.37. The maximum absolute atomic E-state index is 12.1. The van der Waals surface area contributed by atoms with E-state index in [0.29, 0.717) is 23.1 Å². The highest BCUT2D eigenvalue weighted by atomic mass is 16.5. The molecule has 0 unspecified atom stereocenters. The molecule has 0 atom stereocenters. The van der Waals surface area contributed by atoms with E-state index in [4.69, 9.17) is 9.72 Å². The SMILES string of the molecule is C=CC(=O)Nc1cc(Nc2nccc(-n3cc(C)c4ccccc43)n2)c(OC)cc1NCCCN(C)C. The molecule has 2 aromatic heterocycles. The van der Waals surface area contributed by atoms with Crippen molar-refractivity contribution in [3.05, 3.63) is 73.1 Å². The summed E-state index contributed by atoms with van der Waals surface area (Å²) in [6.45, 7) is 7.33. The number of benzene rings is 2. The fourth-order valence-corrected chi connectivity index (χ4v) is 4.10. The molecule has 2 aromatic carbocycles. The molecule has 0 bridgehead atoms. The molecule has 0 fully saturated rings. The highest BCUT2D eigenvalue weighted by Crippen LogP contribution is 2.36. The van der Waals surface area contributed by atoms with Crippen molar-refractivity contribution in [2.24, 2.45) is 0 Å². The van der Waals surface area contributed by atoms with E-state index in [0.717, 1.165) is 36.5 Å². The van der Waals surface area contributed by atoms with Crippen molar-refractivity contribution in [2.45, 2.75) is 13.3 Å². The van der Waals surface area contributed by atoms with Crippen molar-refractivity contribution in [1.29, 1.82) is 0 Å². The Kier molecular flexibility index (Phi) is 8.05. The highest BCUT2D eigenvalue weighted by Gasteiger charge is 2.15. The minimum absolute atomic E-state index is 0.305. The van der Waals surface area contributed by atoms with Gasteiger partial charge in [-0.3, -0.25) is 4.79 Å². The Bertz CT molecular complexity index is 1410. The smallest absolute Gasteiger partial charge is 0.247 e. The number of rotatable bonds is 11. The molecule has 9 heteroatoms. The van der Waals surface area contributed by atoms with Crippen LogP contribution in [-0.2, 0) is 4.79 Å². The number of para-hydroxylation sites is 1. The number of fused-ring (bicyclic) bond motifs is 1. The molecule has 0 spiro atoms. The molecule has 0 aliphatic carbocycles. The molecule has 0 saturated carbocycles. The van der Waals surface area contributed by atoms with Gasteiger partial charge in [-0.15, -0.1) is 0 Å². The Labute approximate surface area is 217 Å². The molecule has 2 heterocycles. The van der Waals surface area contributed by atoms with Crippen molar-refractivity contribution in [2.75, 3.05) is 50.2 Å². The summed E-state index contributed by atoms with van der Waals surface area (Å²) in [6, 6.07) is 13.7. The van der Waals surface area contributed by atoms with Gasteiger partial charge in [-0.1, -0.05) is 24.8 Å². The van der Waals surface area contributed by atoms with Gasteiger partial charge in [-0.05, 0) is 63.8 Å². The summed E-state index contributed by atoms with van der Waals surface area (Å²) < 4.78 is 7.71. The van der Waals surface area contributed by atoms with E-state index in [2.05, 4.69) is 57.7 Å². The first-order valence-corrected chi connectivity index (χ1v) is 12.1. The summed E-state index contributed by atoms with van der Waals surface area (Å²) >= 11 is 0. The van der Waals surface area contributed by atoms with Crippen LogP contribution in [0, 0.1) is 6.92 Å². The van der Waals surface area contributed by atoms with E-state index in [-0.39, 0.29) is 5.91 Å². The second kappa shape index (κ2) is 11.6. The third-order valence-electron chi connectivity index (χ3n) is 5.93. The predicted octanol–water partition coefficient (Wildman–Crippen LogP) is 4.97. The minimum atomic E-state index is -0.305. The van der Waals surface area contributed by atoms with Crippen LogP contribution >= 0.6 is 0 Å². The van der Waals surface area contributed by atoms with Gasteiger partial charge in [0, 0.05) is 30.4 Å². The van der Waals surface area contributed by atoms with E-state index in [1.54, 1.807) is 19.4 Å². The molecule has 4 aromatic rings. The molecule has 1 amide bonds. The van der Waals surface area contributed by atoms with Gasteiger partial charge < -0.3 is 30.2 Å². The number of nitrogens with zero attached hydrogens (tertiary/aromatic N) is 4. The number of carbonyl (C=O) groups excluding carboxylic acids is 1. The van der Waals surface area contributed by atoms with Crippen molar-refractivity contribution in [1.82, 2.24) is 19.4 Å². The first kappa shape index (κ1) is 25.7. The largest absolute Gasteiger partial charge is 0.494 e. The predicted molar refractivity (Wildman–Crippen MR) is 150 cm³/mol. The summed E-state index contributed by atoms with van der Waals surface area (Å²) in [6.07, 6.45) is 5.96. The monoisotopic (exact) mass is 499 g/mol. The topological polar surface area (TPSA) is 96.3 Å². The second-order valence-electron chi connectivity index (χ2n) is 8.94. The fraction of sp³-hybridized carbons (Fsp3) is 0.250. The first-order valence-electron chi connectivity index (χ1n) is 12.1. The van der Waals surface area contributed by atoms with Crippen molar-refractivity contribution < 1.29 is 9.53 Å². The lowest BCUT2D eigenvalue weighted by Gasteiger charge is -2.18. The number of anilines is 4. The zero-order valence-corrected chi connectivity index (χ0v) is 21.7. The maximum Gasteiger partial charge on any atom is 0.247 e. The average Bonchev–Trinajstić information content (AvgIpc) is 3.24. The second-order valence-corrected chi connectivity index (χ2v) is 8.94. The van der Waals surface area contributed by atoms with Gasteiger partial charge in [-0.2, -0.15) is 4.98 Å². The van der Waals surface area contributed by atoms with Crippen LogP contribution in [0.3, 0.4) is 0 Å². The van der Waals surface area contributed by atoms with E-state index < -0.39 is 0 Å². The van der Waals surface area contributed by atoms with E-state index in [1.807, 2.05) is 42.9 Å². The number of hydrogen-bond donors (Lipinski definition) is 3. The van der Waals surface area contributed by atoms with Crippen LogP contribution in [-0.4, -0.2) is 59.6 Å². The van der Waals surface area contributed by atoms with E-state index in [9.17, 15) is 4.79 Å². The van der Waals surface area contributed by atoms with Crippen LogP contribution < -0.4 is 20.7 Å². The number of carbonyl (C=O) groups is 1. The molecule has 0 saturated heterocycles. The third-order valence-corrected chi connectivity index (χ3v) is 5.93. The Balaban J connectivity index is 1.65. The Morgan fingerprint density at radius 3 is 2.73 bits per heavy atom. The van der Waals surface area contributed by atoms with Crippen molar-refractivity contribution in [3.8, 4) is 11.6 Å². The quantitative estimate of drug-likeness (QED) is 0.198. The standard InChI is InChI=1S/C28H33N7O2/c1-6-27(36)31-22-16-23(25(37-5)17-21(22)29-13-9-15-34(3)4)32-28-30-14-12-26(33-28)35-18-19(2)20-10-7-8-11-24(20)35/h6-8,10-12,14,16-18,29H,1,9,13,15H2,2-5H3,(H,31,36)(H,30,32,33). The molecule has 37 heavy (non-hydrogen) atoms. The average molecular weight is 500 g/mol. The molecule has 0 aliphatic heterocycles. The lowest BCUT2D eigenvalue weighted by atomic mass is 10.2. The summed E-state index contributed by atoms with van der Waals surface area (Å²) in [5, 5.41) is 10.7. The lowest BCUT2D eigenvalue weighted by molar-refractivity contribution is -0.111. The summed E-state index contributed by atoms with van der Waals surface area (Å²) in [5.41, 5.74) is 4.20. The zero-order valence-electron chi connectivity index (χ0n) is 21.7. The molecule has 0 radical (unpaired) electrons. The molecule has 0 aliphatic rings. The number of aryl methyl sites for hydroxylation is 1. The lowest BCUT2D eigenvalue weighted by Crippen LogP contribution is -2.17. The fourth-order valence-electron chi connectivity index (χ4n) is 4.10. The number of methoxy groups -OCH3 is 1. The summed E-state index contributed by atoms with van der Waals surface area (Å²) in [7, 11) is 5.68. The number of nitrogens with one attached hydrogen (secondary N) is 3.